The molecule has 0 N–H and O–H groups in total. The summed E-state index contributed by atoms with van der Waals surface area (Å²) in [5.41, 5.74) is -0.519. The molecule has 2 fully saturated rings. The van der Waals surface area contributed by atoms with Gasteiger partial charge in [0.25, 0.3) is 0 Å². The summed E-state index contributed by atoms with van der Waals surface area (Å²) in [5.74, 6) is -6.61. The number of hydrogen-bond acceptors (Lipinski definition) is 1. The van der Waals surface area contributed by atoms with Crippen LogP contribution in [0.2, 0.25) is 0 Å². The maximum Gasteiger partial charge on any atom is 0.197 e. The Morgan fingerprint density at radius 2 is 1.56 bits per heavy atom. The first kappa shape index (κ1) is 10.8. The zero-order valence-corrected chi connectivity index (χ0v) is 9.57. The average Bonchev–Trinajstić information content (AvgIpc) is 3.08. The van der Waals surface area contributed by atoms with E-state index in [1.165, 1.54) is 0 Å². The Labute approximate surface area is 101 Å². The molecule has 18 heavy (non-hydrogen) atoms. The minimum atomic E-state index is -1.71. The van der Waals surface area contributed by atoms with Gasteiger partial charge in [-0.05, 0) is 19.8 Å². The van der Waals surface area contributed by atoms with Crippen molar-refractivity contribution >= 4 is 0 Å². The van der Waals surface area contributed by atoms with Crippen LogP contribution in [0.3, 0.4) is 0 Å². The van der Waals surface area contributed by atoms with Crippen molar-refractivity contribution in [1.82, 2.24) is 0 Å². The predicted octanol–water partition coefficient (Wildman–Crippen LogP) is 3.38. The van der Waals surface area contributed by atoms with E-state index in [0.29, 0.717) is 12.8 Å². The average molecular weight is 258 g/mol. The summed E-state index contributed by atoms with van der Waals surface area (Å²) in [7, 11) is 0. The number of fused-ring (bicyclic) bond motifs is 1. The van der Waals surface area contributed by atoms with E-state index in [9.17, 15) is 17.6 Å². The van der Waals surface area contributed by atoms with Crippen molar-refractivity contribution in [2.45, 2.75) is 43.3 Å². The van der Waals surface area contributed by atoms with E-state index in [1.54, 1.807) is 0 Å². The SMILES string of the molecule is C[C@]12O[C@H]1[C@@H]1CC[C@@H]2c2c(F)c(F)c(F)c(F)c21. The molecule has 0 spiro atoms. The number of rotatable bonds is 0. The molecule has 1 aliphatic heterocycles. The van der Waals surface area contributed by atoms with Gasteiger partial charge in [0.2, 0.25) is 0 Å². The highest BCUT2D eigenvalue weighted by Gasteiger charge is 2.68. The molecule has 0 radical (unpaired) electrons. The summed E-state index contributed by atoms with van der Waals surface area (Å²) in [5, 5.41) is 0. The molecule has 5 rings (SSSR count). The third-order valence-electron chi connectivity index (χ3n) is 4.77. The van der Waals surface area contributed by atoms with Gasteiger partial charge >= 0.3 is 0 Å². The maximum atomic E-state index is 13.9. The quantitative estimate of drug-likeness (QED) is 0.301. The van der Waals surface area contributed by atoms with Crippen molar-refractivity contribution in [3.05, 3.63) is 34.4 Å². The van der Waals surface area contributed by atoms with Gasteiger partial charge in [0.1, 0.15) is 0 Å². The van der Waals surface area contributed by atoms with Crippen LogP contribution in [-0.2, 0) is 4.74 Å². The number of benzene rings is 1. The van der Waals surface area contributed by atoms with Crippen LogP contribution < -0.4 is 0 Å². The van der Waals surface area contributed by atoms with Gasteiger partial charge in [-0.15, -0.1) is 0 Å². The van der Waals surface area contributed by atoms with E-state index < -0.39 is 28.9 Å². The molecule has 1 heterocycles. The van der Waals surface area contributed by atoms with Crippen LogP contribution in [0.5, 0.6) is 0 Å². The minimum absolute atomic E-state index is 0.00102. The zero-order valence-electron chi connectivity index (χ0n) is 9.57. The Morgan fingerprint density at radius 3 is 2.22 bits per heavy atom. The van der Waals surface area contributed by atoms with Crippen LogP contribution in [0.25, 0.3) is 0 Å². The number of epoxide rings is 1. The molecule has 4 aliphatic rings. The molecule has 1 saturated carbocycles. The Bertz CT molecular complexity index is 585. The molecule has 5 heteroatoms. The fraction of sp³-hybridized carbons (Fsp3) is 0.538. The lowest BCUT2D eigenvalue weighted by Gasteiger charge is -2.39. The molecule has 0 unspecified atom stereocenters. The molecule has 4 atom stereocenters. The largest absolute Gasteiger partial charge is 0.365 e. The maximum absolute atomic E-state index is 13.9. The van der Waals surface area contributed by atoms with Gasteiger partial charge in [-0.1, -0.05) is 0 Å². The van der Waals surface area contributed by atoms with Gasteiger partial charge in [-0.3, -0.25) is 0 Å². The van der Waals surface area contributed by atoms with Crippen molar-refractivity contribution < 1.29 is 22.3 Å². The first-order valence-electron chi connectivity index (χ1n) is 6.00. The molecule has 1 aromatic carbocycles. The highest BCUT2D eigenvalue weighted by Crippen LogP contribution is 2.66. The molecule has 1 saturated heterocycles. The third kappa shape index (κ3) is 0.955. The van der Waals surface area contributed by atoms with Gasteiger partial charge in [-0.25, -0.2) is 17.6 Å². The fourth-order valence-electron chi connectivity index (χ4n) is 3.88. The smallest absolute Gasteiger partial charge is 0.197 e. The van der Waals surface area contributed by atoms with Crippen LogP contribution in [-0.4, -0.2) is 11.7 Å². The lowest BCUT2D eigenvalue weighted by molar-refractivity contribution is 0.264. The number of halogens is 4. The Hall–Kier alpha value is -1.10. The first-order chi connectivity index (χ1) is 8.47. The van der Waals surface area contributed by atoms with Crippen molar-refractivity contribution in [3.63, 3.8) is 0 Å². The standard InChI is InChI=1S/C13H10F4O/c1-13-5-3-2-4(12(13)18-13)6-7(5)9(15)11(17)10(16)8(6)14/h4-5,12H,2-3H2,1H3/t4-,5-,12+,13-/m1/s1. The topological polar surface area (TPSA) is 12.5 Å². The second kappa shape index (κ2) is 2.90. The van der Waals surface area contributed by atoms with Crippen molar-refractivity contribution in [1.29, 1.82) is 0 Å². The summed E-state index contributed by atoms with van der Waals surface area (Å²) < 4.78 is 60.0. The van der Waals surface area contributed by atoms with Gasteiger partial charge < -0.3 is 4.74 Å². The molecular weight excluding hydrogens is 248 g/mol. The molecule has 0 amide bonds. The van der Waals surface area contributed by atoms with Crippen LogP contribution in [0, 0.1) is 23.3 Å². The summed E-state index contributed by atoms with van der Waals surface area (Å²) >= 11 is 0. The monoisotopic (exact) mass is 258 g/mol. The van der Waals surface area contributed by atoms with Crippen molar-refractivity contribution in [3.8, 4) is 0 Å². The van der Waals surface area contributed by atoms with E-state index in [1.807, 2.05) is 6.92 Å². The summed E-state index contributed by atoms with van der Waals surface area (Å²) in [4.78, 5) is 0. The molecule has 96 valence electrons. The molecule has 0 aromatic heterocycles. The molecular formula is C13H10F4O. The van der Waals surface area contributed by atoms with Gasteiger partial charge in [0.05, 0.1) is 11.7 Å². The number of hydrogen-bond donors (Lipinski definition) is 0. The van der Waals surface area contributed by atoms with Gasteiger partial charge in [-0.2, -0.15) is 0 Å². The Kier molecular flexibility index (Phi) is 1.74. The fourth-order valence-corrected chi connectivity index (χ4v) is 3.88. The highest BCUT2D eigenvalue weighted by atomic mass is 19.2. The number of ether oxygens (including phenoxy) is 1. The van der Waals surface area contributed by atoms with Crippen LogP contribution >= 0.6 is 0 Å². The molecule has 1 nitrogen and oxygen atoms in total. The molecule has 1 aromatic rings. The molecule has 2 bridgehead atoms. The first-order valence-corrected chi connectivity index (χ1v) is 6.00. The van der Waals surface area contributed by atoms with Crippen molar-refractivity contribution in [2.24, 2.45) is 0 Å². The van der Waals surface area contributed by atoms with E-state index in [0.717, 1.165) is 0 Å². The lowest BCUT2D eigenvalue weighted by atomic mass is 9.62. The lowest BCUT2D eigenvalue weighted by Crippen LogP contribution is -2.38. The second-order valence-corrected chi connectivity index (χ2v) is 5.54. The van der Waals surface area contributed by atoms with Crippen LogP contribution in [0.4, 0.5) is 17.6 Å². The minimum Gasteiger partial charge on any atom is -0.365 e. The normalized spacial score (nSPS) is 39.5. The van der Waals surface area contributed by atoms with E-state index >= 15 is 0 Å². The summed E-state index contributed by atoms with van der Waals surface area (Å²) in [6.07, 6.45) is 1.09. The van der Waals surface area contributed by atoms with Crippen LogP contribution in [0.1, 0.15) is 42.7 Å². The third-order valence-corrected chi connectivity index (χ3v) is 4.77. The van der Waals surface area contributed by atoms with E-state index in [4.69, 9.17) is 4.74 Å². The Balaban J connectivity index is 2.07. The van der Waals surface area contributed by atoms with Crippen molar-refractivity contribution in [2.75, 3.05) is 0 Å². The summed E-state index contributed by atoms with van der Waals surface area (Å²) in [6, 6.07) is 0. The van der Waals surface area contributed by atoms with E-state index in [2.05, 4.69) is 0 Å². The predicted molar refractivity (Wildman–Crippen MR) is 54.3 cm³/mol. The zero-order chi connectivity index (χ0) is 12.8. The van der Waals surface area contributed by atoms with Gasteiger partial charge in [0, 0.05) is 23.0 Å². The summed E-state index contributed by atoms with van der Waals surface area (Å²) in [6.45, 7) is 1.83. The highest BCUT2D eigenvalue weighted by molar-refractivity contribution is 5.48. The van der Waals surface area contributed by atoms with Crippen LogP contribution in [0.15, 0.2) is 0 Å². The van der Waals surface area contributed by atoms with E-state index in [-0.39, 0.29) is 29.1 Å². The Morgan fingerprint density at radius 1 is 0.944 bits per heavy atom. The second-order valence-electron chi connectivity index (χ2n) is 5.54. The molecule has 3 aliphatic carbocycles. The van der Waals surface area contributed by atoms with Gasteiger partial charge in [0.15, 0.2) is 23.3 Å².